The molecule has 10 nitrogen and oxygen atoms in total. The van der Waals surface area contributed by atoms with E-state index in [4.69, 9.17) is 14.7 Å². The van der Waals surface area contributed by atoms with E-state index in [1.807, 2.05) is 48.5 Å². The molecule has 3 saturated heterocycles. The molecular weight excluding hydrogens is 536 g/mol. The number of benzene rings is 2. The normalized spacial score (nSPS) is 25.0. The van der Waals surface area contributed by atoms with E-state index in [1.54, 1.807) is 5.48 Å². The molecule has 0 saturated carbocycles. The molecular formula is C32H44N4O6. The Morgan fingerprint density at radius 2 is 1.69 bits per heavy atom. The lowest BCUT2D eigenvalue weighted by molar-refractivity contribution is -0.253. The lowest BCUT2D eigenvalue weighted by Gasteiger charge is -2.39. The fourth-order valence-electron chi connectivity index (χ4n) is 6.35. The second kappa shape index (κ2) is 15.0. The Balaban J connectivity index is 1.28. The van der Waals surface area contributed by atoms with Crippen LogP contribution in [-0.4, -0.2) is 76.8 Å². The van der Waals surface area contributed by atoms with Crippen molar-refractivity contribution in [2.75, 3.05) is 38.0 Å². The van der Waals surface area contributed by atoms with Crippen molar-refractivity contribution >= 4 is 17.5 Å². The standard InChI is InChI=1S/C32H44N4O6/c37-22-23-11-13-24(14-12-23)29-19-28(21-36-17-5-8-27(36)20-35-15-1-2-16-35)41-32(42-29)25-6-3-7-26(18-25)33-30(38)9-4-10-31(39)34-40/h3,6-7,11-14,18,27-29,32,37,40H,1-2,4-5,8-10,15-17,19-22H2,(H,33,38)(H,34,39). The van der Waals surface area contributed by atoms with Crippen LogP contribution < -0.4 is 10.8 Å². The van der Waals surface area contributed by atoms with E-state index in [0.717, 1.165) is 42.7 Å². The Bertz CT molecular complexity index is 1170. The van der Waals surface area contributed by atoms with Crippen LogP contribution in [0.3, 0.4) is 0 Å². The van der Waals surface area contributed by atoms with Crippen LogP contribution in [0.25, 0.3) is 0 Å². The molecule has 0 radical (unpaired) electrons. The van der Waals surface area contributed by atoms with Gasteiger partial charge in [0.15, 0.2) is 6.29 Å². The molecule has 4 atom stereocenters. The van der Waals surface area contributed by atoms with Gasteiger partial charge < -0.3 is 24.8 Å². The van der Waals surface area contributed by atoms with Gasteiger partial charge in [-0.05, 0) is 75.0 Å². The van der Waals surface area contributed by atoms with Crippen LogP contribution in [0, 0.1) is 0 Å². The number of carbonyl (C=O) groups is 2. The minimum atomic E-state index is -0.601. The van der Waals surface area contributed by atoms with Crippen LogP contribution in [0.4, 0.5) is 5.69 Å². The summed E-state index contributed by atoms with van der Waals surface area (Å²) < 4.78 is 13.1. The average molecular weight is 581 g/mol. The quantitative estimate of drug-likeness (QED) is 0.220. The Hall–Kier alpha value is -2.86. The highest BCUT2D eigenvalue weighted by Gasteiger charge is 2.36. The maximum absolute atomic E-state index is 12.5. The van der Waals surface area contributed by atoms with Gasteiger partial charge in [-0.15, -0.1) is 0 Å². The number of amides is 2. The molecule has 0 aromatic heterocycles. The number of nitrogens with one attached hydrogen (secondary N) is 2. The van der Waals surface area contributed by atoms with Crippen molar-refractivity contribution in [2.45, 2.75) is 82.5 Å². The molecule has 3 heterocycles. The highest BCUT2D eigenvalue weighted by Crippen LogP contribution is 2.39. The lowest BCUT2D eigenvalue weighted by Crippen LogP contribution is -2.45. The Labute approximate surface area is 247 Å². The lowest BCUT2D eigenvalue weighted by atomic mass is 9.99. The number of rotatable bonds is 12. The number of hydroxylamine groups is 1. The molecule has 5 rings (SSSR count). The fourth-order valence-corrected chi connectivity index (χ4v) is 6.35. The highest BCUT2D eigenvalue weighted by atomic mass is 16.7. The summed E-state index contributed by atoms with van der Waals surface area (Å²) in [5.41, 5.74) is 4.95. The molecule has 228 valence electrons. The van der Waals surface area contributed by atoms with Gasteiger partial charge in [-0.25, -0.2) is 5.48 Å². The van der Waals surface area contributed by atoms with Gasteiger partial charge in [-0.3, -0.25) is 19.7 Å². The number of likely N-dealkylation sites (tertiary alicyclic amines) is 2. The van der Waals surface area contributed by atoms with Crippen LogP contribution in [-0.2, 0) is 25.7 Å². The number of ether oxygens (including phenoxy) is 2. The smallest absolute Gasteiger partial charge is 0.243 e. The second-order valence-corrected chi connectivity index (χ2v) is 11.7. The number of aliphatic hydroxyl groups excluding tert-OH is 1. The van der Waals surface area contributed by atoms with Gasteiger partial charge in [-0.2, -0.15) is 0 Å². The summed E-state index contributed by atoms with van der Waals surface area (Å²) in [5, 5.41) is 21.0. The van der Waals surface area contributed by atoms with E-state index in [-0.39, 0.29) is 37.6 Å². The fraction of sp³-hybridized carbons (Fsp3) is 0.562. The first-order valence-corrected chi connectivity index (χ1v) is 15.3. The summed E-state index contributed by atoms with van der Waals surface area (Å²) in [5.74, 6) is -0.719. The summed E-state index contributed by atoms with van der Waals surface area (Å²) in [6.07, 6.45) is 5.55. The molecule has 2 amide bonds. The van der Waals surface area contributed by atoms with Crippen molar-refractivity contribution in [3.63, 3.8) is 0 Å². The predicted octanol–water partition coefficient (Wildman–Crippen LogP) is 3.90. The van der Waals surface area contributed by atoms with Crippen LogP contribution in [0.5, 0.6) is 0 Å². The van der Waals surface area contributed by atoms with Gasteiger partial charge in [-0.1, -0.05) is 36.4 Å². The first kappa shape index (κ1) is 30.6. The number of aliphatic hydroxyl groups is 1. The first-order valence-electron chi connectivity index (χ1n) is 15.3. The summed E-state index contributed by atoms with van der Waals surface area (Å²) in [6, 6.07) is 16.0. The van der Waals surface area contributed by atoms with Crippen molar-refractivity contribution in [3.8, 4) is 0 Å². The molecule has 42 heavy (non-hydrogen) atoms. The van der Waals surface area contributed by atoms with Crippen molar-refractivity contribution in [1.82, 2.24) is 15.3 Å². The minimum Gasteiger partial charge on any atom is -0.392 e. The van der Waals surface area contributed by atoms with Crippen molar-refractivity contribution in [2.24, 2.45) is 0 Å². The molecule has 0 spiro atoms. The third-order valence-corrected chi connectivity index (χ3v) is 8.59. The Kier molecular flexibility index (Phi) is 11.0. The largest absolute Gasteiger partial charge is 0.392 e. The number of carbonyl (C=O) groups excluding carboxylic acids is 2. The van der Waals surface area contributed by atoms with Crippen molar-refractivity contribution in [3.05, 3.63) is 65.2 Å². The molecule has 0 bridgehead atoms. The van der Waals surface area contributed by atoms with Crippen LogP contribution in [0.15, 0.2) is 48.5 Å². The van der Waals surface area contributed by atoms with E-state index in [1.165, 1.54) is 38.8 Å². The average Bonchev–Trinajstić information content (AvgIpc) is 3.69. The zero-order chi connectivity index (χ0) is 29.3. The SMILES string of the molecule is O=C(CCCC(=O)Nc1cccc(C2OC(CN3CCCC3CN3CCCC3)CC(c3ccc(CO)cc3)O2)c1)NO. The summed E-state index contributed by atoms with van der Waals surface area (Å²) in [4.78, 5) is 28.9. The summed E-state index contributed by atoms with van der Waals surface area (Å²) in [7, 11) is 0. The summed E-state index contributed by atoms with van der Waals surface area (Å²) in [6.45, 7) is 5.47. The predicted molar refractivity (Wildman–Crippen MR) is 158 cm³/mol. The topological polar surface area (TPSA) is 124 Å². The number of anilines is 1. The molecule has 2 aromatic carbocycles. The molecule has 10 heteroatoms. The van der Waals surface area contributed by atoms with Crippen molar-refractivity contribution < 1.29 is 29.4 Å². The van der Waals surface area contributed by atoms with Gasteiger partial charge in [0.25, 0.3) is 0 Å². The van der Waals surface area contributed by atoms with Crippen LogP contribution in [0.2, 0.25) is 0 Å². The minimum absolute atomic E-state index is 0.000670. The first-order chi connectivity index (χ1) is 20.5. The van der Waals surface area contributed by atoms with Gasteiger partial charge in [0.2, 0.25) is 11.8 Å². The van der Waals surface area contributed by atoms with Crippen LogP contribution >= 0.6 is 0 Å². The zero-order valence-electron chi connectivity index (χ0n) is 24.2. The Morgan fingerprint density at radius 3 is 2.45 bits per heavy atom. The van der Waals surface area contributed by atoms with Gasteiger partial charge >= 0.3 is 0 Å². The van der Waals surface area contributed by atoms with E-state index >= 15 is 0 Å². The van der Waals surface area contributed by atoms with E-state index in [2.05, 4.69) is 15.1 Å². The summed E-state index contributed by atoms with van der Waals surface area (Å²) >= 11 is 0. The number of hydrogen-bond donors (Lipinski definition) is 4. The molecule has 2 aromatic rings. The van der Waals surface area contributed by atoms with Gasteiger partial charge in [0.1, 0.15) is 0 Å². The van der Waals surface area contributed by atoms with E-state index in [9.17, 15) is 14.7 Å². The zero-order valence-corrected chi connectivity index (χ0v) is 24.2. The van der Waals surface area contributed by atoms with Gasteiger partial charge in [0.05, 0.1) is 18.8 Å². The molecule has 4 unspecified atom stereocenters. The highest BCUT2D eigenvalue weighted by molar-refractivity contribution is 5.91. The maximum Gasteiger partial charge on any atom is 0.243 e. The number of nitrogens with zero attached hydrogens (tertiary/aromatic N) is 2. The molecule has 0 aliphatic carbocycles. The van der Waals surface area contributed by atoms with E-state index < -0.39 is 12.2 Å². The monoisotopic (exact) mass is 580 g/mol. The van der Waals surface area contributed by atoms with Crippen molar-refractivity contribution in [1.29, 1.82) is 0 Å². The third-order valence-electron chi connectivity index (χ3n) is 8.59. The van der Waals surface area contributed by atoms with E-state index in [0.29, 0.717) is 18.2 Å². The molecule has 3 fully saturated rings. The molecule has 4 N–H and O–H groups in total. The molecule has 3 aliphatic heterocycles. The van der Waals surface area contributed by atoms with Crippen LogP contribution in [0.1, 0.15) is 80.5 Å². The molecule has 3 aliphatic rings. The van der Waals surface area contributed by atoms with Gasteiger partial charge in [0, 0.05) is 49.6 Å². The Morgan fingerprint density at radius 1 is 0.905 bits per heavy atom. The second-order valence-electron chi connectivity index (χ2n) is 11.7. The maximum atomic E-state index is 12.5. The third kappa shape index (κ3) is 8.37. The number of hydrogen-bond acceptors (Lipinski definition) is 8.